The van der Waals surface area contributed by atoms with Crippen LogP contribution >= 0.6 is 0 Å². The fourth-order valence-corrected chi connectivity index (χ4v) is 1.25. The predicted octanol–water partition coefficient (Wildman–Crippen LogP) is 2.52. The molecule has 0 saturated carbocycles. The highest BCUT2D eigenvalue weighted by molar-refractivity contribution is 5.57. The van der Waals surface area contributed by atoms with Crippen LogP contribution in [0.25, 0.3) is 0 Å². The van der Waals surface area contributed by atoms with Gasteiger partial charge in [-0.05, 0) is 18.6 Å². The van der Waals surface area contributed by atoms with E-state index in [2.05, 4.69) is 17.5 Å². The zero-order valence-corrected chi connectivity index (χ0v) is 8.70. The highest BCUT2D eigenvalue weighted by atomic mass is 14.9. The van der Waals surface area contributed by atoms with Gasteiger partial charge in [-0.1, -0.05) is 19.1 Å². The average Bonchev–Trinajstić information content (AvgIpc) is 2.31. The largest absolute Gasteiger partial charge is 0.383 e. The van der Waals surface area contributed by atoms with Crippen molar-refractivity contribution >= 4 is 5.69 Å². The van der Waals surface area contributed by atoms with Crippen LogP contribution in [-0.4, -0.2) is 6.54 Å². The minimum atomic E-state index is -0.00301. The second-order valence-corrected chi connectivity index (χ2v) is 3.27. The van der Waals surface area contributed by atoms with Crippen molar-refractivity contribution in [2.75, 3.05) is 11.9 Å². The molecule has 1 N–H and O–H groups in total. The lowest BCUT2D eigenvalue weighted by Crippen LogP contribution is -2.12. The Balaban J connectivity index is 2.66. The molecule has 1 aromatic rings. The highest BCUT2D eigenvalue weighted by Gasteiger charge is 2.05. The summed E-state index contributed by atoms with van der Waals surface area (Å²) < 4.78 is 0. The molecule has 1 atom stereocenters. The lowest BCUT2D eigenvalue weighted by molar-refractivity contribution is 0.674. The topological polar surface area (TPSA) is 59.6 Å². The quantitative estimate of drug-likeness (QED) is 0.810. The Morgan fingerprint density at radius 3 is 2.67 bits per heavy atom. The summed E-state index contributed by atoms with van der Waals surface area (Å²) in [6.45, 7) is 2.57. The molecule has 0 aromatic heterocycles. The molecule has 0 aliphatic heterocycles. The van der Waals surface area contributed by atoms with Crippen molar-refractivity contribution in [1.82, 2.24) is 0 Å². The number of para-hydroxylation sites is 1. The third kappa shape index (κ3) is 3.00. The summed E-state index contributed by atoms with van der Waals surface area (Å²) in [6.07, 6.45) is 0.818. The van der Waals surface area contributed by atoms with Gasteiger partial charge in [0.15, 0.2) is 0 Å². The molecule has 0 aliphatic rings. The Labute approximate surface area is 90.0 Å². The molecule has 0 spiro atoms. The summed E-state index contributed by atoms with van der Waals surface area (Å²) in [4.78, 5) is 0. The molecule has 0 saturated heterocycles. The zero-order valence-electron chi connectivity index (χ0n) is 8.70. The van der Waals surface area contributed by atoms with Gasteiger partial charge in [0.2, 0.25) is 0 Å². The van der Waals surface area contributed by atoms with Crippen molar-refractivity contribution in [2.24, 2.45) is 5.92 Å². The standard InChI is InChI=1S/C12H13N3/c1-2-10(7-13)9-15-12-6-4-3-5-11(12)8-14/h3-6,10,15H,2,9H2,1H3. The monoisotopic (exact) mass is 199 g/mol. The van der Waals surface area contributed by atoms with Gasteiger partial charge in [-0.15, -0.1) is 0 Å². The van der Waals surface area contributed by atoms with E-state index in [9.17, 15) is 0 Å². The Bertz CT molecular complexity index is 398. The number of nitrogens with zero attached hydrogens (tertiary/aromatic N) is 2. The van der Waals surface area contributed by atoms with Gasteiger partial charge in [-0.3, -0.25) is 0 Å². The molecular formula is C12H13N3. The number of nitrogens with one attached hydrogen (secondary N) is 1. The van der Waals surface area contributed by atoms with Crippen LogP contribution in [-0.2, 0) is 0 Å². The van der Waals surface area contributed by atoms with E-state index in [1.165, 1.54) is 0 Å². The fraction of sp³-hybridized carbons (Fsp3) is 0.333. The molecule has 0 aliphatic carbocycles. The van der Waals surface area contributed by atoms with Crippen molar-refractivity contribution < 1.29 is 0 Å². The van der Waals surface area contributed by atoms with Crippen LogP contribution in [0.15, 0.2) is 24.3 Å². The van der Waals surface area contributed by atoms with Gasteiger partial charge >= 0.3 is 0 Å². The third-order valence-corrected chi connectivity index (χ3v) is 2.26. The second kappa shape index (κ2) is 5.67. The smallest absolute Gasteiger partial charge is 0.101 e. The molecule has 3 heteroatoms. The molecule has 0 amide bonds. The Morgan fingerprint density at radius 2 is 2.07 bits per heavy atom. The molecule has 0 heterocycles. The summed E-state index contributed by atoms with van der Waals surface area (Å²) in [6, 6.07) is 11.6. The van der Waals surface area contributed by atoms with Crippen LogP contribution in [0.2, 0.25) is 0 Å². The van der Waals surface area contributed by atoms with Crippen molar-refractivity contribution in [3.8, 4) is 12.1 Å². The van der Waals surface area contributed by atoms with Crippen molar-refractivity contribution in [3.63, 3.8) is 0 Å². The molecule has 3 nitrogen and oxygen atoms in total. The number of anilines is 1. The maximum Gasteiger partial charge on any atom is 0.101 e. The average molecular weight is 199 g/mol. The van der Waals surface area contributed by atoms with E-state index in [1.807, 2.05) is 25.1 Å². The van der Waals surface area contributed by atoms with Crippen molar-refractivity contribution in [2.45, 2.75) is 13.3 Å². The predicted molar refractivity (Wildman–Crippen MR) is 59.0 cm³/mol. The van der Waals surface area contributed by atoms with Crippen LogP contribution in [0.4, 0.5) is 5.69 Å². The molecule has 1 unspecified atom stereocenters. The number of rotatable bonds is 4. The first-order chi connectivity index (χ1) is 7.31. The van der Waals surface area contributed by atoms with Gasteiger partial charge in [0.05, 0.1) is 23.2 Å². The van der Waals surface area contributed by atoms with E-state index in [4.69, 9.17) is 10.5 Å². The number of benzene rings is 1. The number of hydrogen-bond donors (Lipinski definition) is 1. The first-order valence-electron chi connectivity index (χ1n) is 4.94. The fourth-order valence-electron chi connectivity index (χ4n) is 1.25. The molecule has 1 rings (SSSR count). The van der Waals surface area contributed by atoms with E-state index in [0.29, 0.717) is 12.1 Å². The number of hydrogen-bond acceptors (Lipinski definition) is 3. The Kier molecular flexibility index (Phi) is 4.19. The minimum absolute atomic E-state index is 0.00301. The number of nitriles is 2. The Morgan fingerprint density at radius 1 is 1.33 bits per heavy atom. The third-order valence-electron chi connectivity index (χ3n) is 2.26. The van der Waals surface area contributed by atoms with E-state index in [-0.39, 0.29) is 5.92 Å². The van der Waals surface area contributed by atoms with E-state index >= 15 is 0 Å². The molecule has 0 fully saturated rings. The first kappa shape index (κ1) is 11.1. The Hall–Kier alpha value is -2.00. The maximum absolute atomic E-state index is 8.84. The van der Waals surface area contributed by atoms with Gasteiger partial charge in [0.1, 0.15) is 6.07 Å². The van der Waals surface area contributed by atoms with E-state index in [1.54, 1.807) is 6.07 Å². The highest BCUT2D eigenvalue weighted by Crippen LogP contribution is 2.14. The van der Waals surface area contributed by atoms with E-state index < -0.39 is 0 Å². The second-order valence-electron chi connectivity index (χ2n) is 3.27. The van der Waals surface area contributed by atoms with E-state index in [0.717, 1.165) is 12.1 Å². The summed E-state index contributed by atoms with van der Waals surface area (Å²) in [5, 5.41) is 20.7. The van der Waals surface area contributed by atoms with Crippen LogP contribution in [0.5, 0.6) is 0 Å². The first-order valence-corrected chi connectivity index (χ1v) is 4.94. The summed E-state index contributed by atoms with van der Waals surface area (Å²) in [5.41, 5.74) is 1.42. The molecular weight excluding hydrogens is 186 g/mol. The van der Waals surface area contributed by atoms with Crippen molar-refractivity contribution in [3.05, 3.63) is 29.8 Å². The van der Waals surface area contributed by atoms with Crippen LogP contribution in [0.1, 0.15) is 18.9 Å². The SMILES string of the molecule is CCC(C#N)CNc1ccccc1C#N. The minimum Gasteiger partial charge on any atom is -0.383 e. The van der Waals surface area contributed by atoms with Gasteiger partial charge in [-0.2, -0.15) is 10.5 Å². The van der Waals surface area contributed by atoms with Crippen molar-refractivity contribution in [1.29, 1.82) is 10.5 Å². The van der Waals surface area contributed by atoms with Gasteiger partial charge < -0.3 is 5.32 Å². The van der Waals surface area contributed by atoms with Gasteiger partial charge in [0.25, 0.3) is 0 Å². The lowest BCUT2D eigenvalue weighted by atomic mass is 10.1. The normalized spacial score (nSPS) is 11.1. The van der Waals surface area contributed by atoms with Crippen LogP contribution in [0, 0.1) is 28.6 Å². The maximum atomic E-state index is 8.84. The lowest BCUT2D eigenvalue weighted by Gasteiger charge is -2.10. The molecule has 76 valence electrons. The van der Waals surface area contributed by atoms with Crippen LogP contribution < -0.4 is 5.32 Å². The summed E-state index contributed by atoms with van der Waals surface area (Å²) in [7, 11) is 0. The van der Waals surface area contributed by atoms with Crippen LogP contribution in [0.3, 0.4) is 0 Å². The molecule has 15 heavy (non-hydrogen) atoms. The van der Waals surface area contributed by atoms with Gasteiger partial charge in [0, 0.05) is 6.54 Å². The molecule has 0 bridgehead atoms. The summed E-state index contributed by atoms with van der Waals surface area (Å²) in [5.74, 6) is -0.00301. The summed E-state index contributed by atoms with van der Waals surface area (Å²) >= 11 is 0. The van der Waals surface area contributed by atoms with Gasteiger partial charge in [-0.25, -0.2) is 0 Å². The molecule has 1 aromatic carbocycles. The molecule has 0 radical (unpaired) electrons. The zero-order chi connectivity index (χ0) is 11.1.